The van der Waals surface area contributed by atoms with Gasteiger partial charge in [0.25, 0.3) is 0 Å². The lowest BCUT2D eigenvalue weighted by atomic mass is 10.1. The molecule has 0 aromatic heterocycles. The van der Waals surface area contributed by atoms with Crippen LogP contribution >= 0.6 is 0 Å². The second kappa shape index (κ2) is 5.62. The molecule has 0 unspecified atom stereocenters. The van der Waals surface area contributed by atoms with Crippen LogP contribution in [0.2, 0.25) is 0 Å². The summed E-state index contributed by atoms with van der Waals surface area (Å²) in [6.07, 6.45) is 0. The minimum atomic E-state index is -3.42. The van der Waals surface area contributed by atoms with E-state index in [2.05, 4.69) is 4.72 Å². The first-order valence-electron chi connectivity index (χ1n) is 5.66. The molecule has 5 heteroatoms. The van der Waals surface area contributed by atoms with E-state index in [-0.39, 0.29) is 5.92 Å². The highest BCUT2D eigenvalue weighted by Crippen LogP contribution is 2.16. The molecule has 17 heavy (non-hydrogen) atoms. The van der Waals surface area contributed by atoms with Crippen LogP contribution in [0.25, 0.3) is 0 Å². The van der Waals surface area contributed by atoms with Crippen LogP contribution in [0.1, 0.15) is 25.0 Å². The number of benzene rings is 1. The van der Waals surface area contributed by atoms with E-state index >= 15 is 0 Å². The first-order chi connectivity index (χ1) is 7.86. The molecule has 0 amide bonds. The average Bonchev–Trinajstić information content (AvgIpc) is 2.27. The molecule has 0 aliphatic carbocycles. The molecule has 0 aliphatic rings. The van der Waals surface area contributed by atoms with Gasteiger partial charge in [-0.3, -0.25) is 0 Å². The maximum absolute atomic E-state index is 12.1. The molecule has 0 spiro atoms. The van der Waals surface area contributed by atoms with Crippen LogP contribution in [0.4, 0.5) is 0 Å². The molecule has 0 bridgehead atoms. The van der Waals surface area contributed by atoms with Crippen LogP contribution < -0.4 is 10.5 Å². The minimum absolute atomic E-state index is 0.280. The highest BCUT2D eigenvalue weighted by atomic mass is 32.2. The third-order valence-electron chi connectivity index (χ3n) is 2.46. The third kappa shape index (κ3) is 3.80. The van der Waals surface area contributed by atoms with Crippen molar-refractivity contribution < 1.29 is 8.42 Å². The maximum Gasteiger partial charge on any atom is 0.240 e. The number of nitrogens with one attached hydrogen (secondary N) is 1. The van der Waals surface area contributed by atoms with Gasteiger partial charge in [0.15, 0.2) is 0 Å². The van der Waals surface area contributed by atoms with Crippen LogP contribution in [-0.4, -0.2) is 15.0 Å². The second-order valence-corrected chi connectivity index (χ2v) is 6.29. The van der Waals surface area contributed by atoms with E-state index in [9.17, 15) is 8.42 Å². The Morgan fingerprint density at radius 3 is 2.53 bits per heavy atom. The molecular formula is C12H20N2O2S. The van der Waals surface area contributed by atoms with E-state index in [0.717, 1.165) is 11.1 Å². The monoisotopic (exact) mass is 256 g/mol. The lowest BCUT2D eigenvalue weighted by Gasteiger charge is -2.12. The number of nitrogens with two attached hydrogens (primary N) is 1. The Hall–Kier alpha value is -0.910. The number of hydrogen-bond acceptors (Lipinski definition) is 3. The molecular weight excluding hydrogens is 236 g/mol. The lowest BCUT2D eigenvalue weighted by molar-refractivity contribution is 0.559. The molecule has 0 heterocycles. The molecule has 0 radical (unpaired) electrons. The Bertz CT molecular complexity index is 481. The van der Waals surface area contributed by atoms with Crippen molar-refractivity contribution in [1.82, 2.24) is 4.72 Å². The zero-order valence-electron chi connectivity index (χ0n) is 10.5. The average molecular weight is 256 g/mol. The lowest BCUT2D eigenvalue weighted by Crippen LogP contribution is -2.28. The van der Waals surface area contributed by atoms with Gasteiger partial charge in [0.1, 0.15) is 0 Å². The van der Waals surface area contributed by atoms with Crippen LogP contribution in [0, 0.1) is 12.8 Å². The van der Waals surface area contributed by atoms with Gasteiger partial charge in [-0.2, -0.15) is 0 Å². The summed E-state index contributed by atoms with van der Waals surface area (Å²) in [5.74, 6) is 0.280. The first-order valence-corrected chi connectivity index (χ1v) is 7.14. The molecule has 0 saturated carbocycles. The van der Waals surface area contributed by atoms with E-state index in [4.69, 9.17) is 5.73 Å². The standard InChI is InChI=1S/C12H20N2O2S/c1-9(2)8-14-17(15,16)12-6-11(7-13)5-4-10(12)3/h4-6,9,14H,7-8,13H2,1-3H3. The molecule has 0 fully saturated rings. The Kier molecular flexibility index (Phi) is 4.68. The molecule has 4 nitrogen and oxygen atoms in total. The summed E-state index contributed by atoms with van der Waals surface area (Å²) >= 11 is 0. The van der Waals surface area contributed by atoms with E-state index in [1.54, 1.807) is 19.1 Å². The highest BCUT2D eigenvalue weighted by molar-refractivity contribution is 7.89. The van der Waals surface area contributed by atoms with Crippen molar-refractivity contribution in [2.45, 2.75) is 32.2 Å². The van der Waals surface area contributed by atoms with Gasteiger partial charge >= 0.3 is 0 Å². The number of sulfonamides is 1. The van der Waals surface area contributed by atoms with Crippen molar-refractivity contribution >= 4 is 10.0 Å². The summed E-state index contributed by atoms with van der Waals surface area (Å²) in [6.45, 7) is 6.49. The van der Waals surface area contributed by atoms with Gasteiger partial charge in [0, 0.05) is 13.1 Å². The molecule has 1 aromatic rings. The maximum atomic E-state index is 12.1. The zero-order chi connectivity index (χ0) is 13.1. The Labute approximate surface area is 103 Å². The number of hydrogen-bond donors (Lipinski definition) is 2. The Morgan fingerprint density at radius 2 is 2.00 bits per heavy atom. The van der Waals surface area contributed by atoms with Crippen LogP contribution in [0.15, 0.2) is 23.1 Å². The fraction of sp³-hybridized carbons (Fsp3) is 0.500. The van der Waals surface area contributed by atoms with Crippen molar-refractivity contribution in [3.8, 4) is 0 Å². The normalized spacial score (nSPS) is 12.1. The predicted molar refractivity (Wildman–Crippen MR) is 69.1 cm³/mol. The smallest absolute Gasteiger partial charge is 0.240 e. The fourth-order valence-corrected chi connectivity index (χ4v) is 2.92. The summed E-state index contributed by atoms with van der Waals surface area (Å²) < 4.78 is 26.7. The van der Waals surface area contributed by atoms with E-state index < -0.39 is 10.0 Å². The Balaban J connectivity index is 3.05. The first kappa shape index (κ1) is 14.2. The Morgan fingerprint density at radius 1 is 1.35 bits per heavy atom. The zero-order valence-corrected chi connectivity index (χ0v) is 11.3. The summed E-state index contributed by atoms with van der Waals surface area (Å²) in [4.78, 5) is 0.320. The third-order valence-corrected chi connectivity index (χ3v) is 4.02. The van der Waals surface area contributed by atoms with E-state index in [1.165, 1.54) is 0 Å². The number of rotatable bonds is 5. The van der Waals surface area contributed by atoms with Crippen LogP contribution in [0.3, 0.4) is 0 Å². The van der Waals surface area contributed by atoms with E-state index in [1.807, 2.05) is 19.9 Å². The summed E-state index contributed by atoms with van der Waals surface area (Å²) in [5.41, 5.74) is 7.07. The van der Waals surface area contributed by atoms with Crippen molar-refractivity contribution in [3.63, 3.8) is 0 Å². The van der Waals surface area contributed by atoms with Gasteiger partial charge in [-0.15, -0.1) is 0 Å². The van der Waals surface area contributed by atoms with Gasteiger partial charge in [-0.25, -0.2) is 13.1 Å². The van der Waals surface area contributed by atoms with Crippen molar-refractivity contribution in [3.05, 3.63) is 29.3 Å². The van der Waals surface area contributed by atoms with Crippen LogP contribution in [-0.2, 0) is 16.6 Å². The SMILES string of the molecule is Cc1ccc(CN)cc1S(=O)(=O)NCC(C)C. The molecule has 96 valence electrons. The topological polar surface area (TPSA) is 72.2 Å². The molecule has 1 aromatic carbocycles. The quantitative estimate of drug-likeness (QED) is 0.836. The highest BCUT2D eigenvalue weighted by Gasteiger charge is 2.17. The molecule has 3 N–H and O–H groups in total. The van der Waals surface area contributed by atoms with Crippen LogP contribution in [0.5, 0.6) is 0 Å². The van der Waals surface area contributed by atoms with Gasteiger partial charge in [0.05, 0.1) is 4.90 Å². The molecule has 0 aliphatic heterocycles. The molecule has 0 atom stereocenters. The number of aryl methyl sites for hydroxylation is 1. The second-order valence-electron chi connectivity index (χ2n) is 4.55. The fourth-order valence-electron chi connectivity index (χ4n) is 1.42. The minimum Gasteiger partial charge on any atom is -0.326 e. The summed E-state index contributed by atoms with van der Waals surface area (Å²) in [5, 5.41) is 0. The van der Waals surface area contributed by atoms with Crippen molar-refractivity contribution in [2.24, 2.45) is 11.7 Å². The molecule has 1 rings (SSSR count). The molecule has 0 saturated heterocycles. The van der Waals surface area contributed by atoms with E-state index in [0.29, 0.717) is 18.0 Å². The van der Waals surface area contributed by atoms with Gasteiger partial charge in [-0.05, 0) is 30.0 Å². The van der Waals surface area contributed by atoms with Gasteiger partial charge in [0.2, 0.25) is 10.0 Å². The summed E-state index contributed by atoms with van der Waals surface area (Å²) in [6, 6.07) is 5.26. The summed E-state index contributed by atoms with van der Waals surface area (Å²) in [7, 11) is -3.42. The predicted octanol–water partition coefficient (Wildman–Crippen LogP) is 1.39. The largest absolute Gasteiger partial charge is 0.326 e. The van der Waals surface area contributed by atoms with Gasteiger partial charge in [-0.1, -0.05) is 26.0 Å². The van der Waals surface area contributed by atoms with Gasteiger partial charge < -0.3 is 5.73 Å². The van der Waals surface area contributed by atoms with Crippen molar-refractivity contribution in [2.75, 3.05) is 6.54 Å². The van der Waals surface area contributed by atoms with Crippen molar-refractivity contribution in [1.29, 1.82) is 0 Å².